The van der Waals surface area contributed by atoms with Gasteiger partial charge in [0.1, 0.15) is 5.67 Å². The van der Waals surface area contributed by atoms with Crippen LogP contribution in [-0.4, -0.2) is 37.8 Å². The molecule has 0 radical (unpaired) electrons. The van der Waals surface area contributed by atoms with Gasteiger partial charge in [0.2, 0.25) is 0 Å². The lowest BCUT2D eigenvalue weighted by Gasteiger charge is -2.33. The number of pyridine rings is 1. The van der Waals surface area contributed by atoms with Crippen molar-refractivity contribution in [3.05, 3.63) is 77.6 Å². The lowest BCUT2D eigenvalue weighted by atomic mass is 9.86. The molecule has 1 unspecified atom stereocenters. The summed E-state index contributed by atoms with van der Waals surface area (Å²) in [4.78, 5) is 4.97. The third-order valence-electron chi connectivity index (χ3n) is 7.73. The van der Waals surface area contributed by atoms with E-state index in [4.69, 9.17) is 9.72 Å². The number of aryl methyl sites for hydroxylation is 2. The van der Waals surface area contributed by atoms with E-state index in [0.717, 1.165) is 64.9 Å². The van der Waals surface area contributed by atoms with Crippen LogP contribution in [0.25, 0.3) is 33.2 Å². The number of benzene rings is 2. The zero-order chi connectivity index (χ0) is 25.7. The summed E-state index contributed by atoms with van der Waals surface area (Å²) in [7, 11) is 1.90. The first-order valence-corrected chi connectivity index (χ1v) is 13.0. The number of hydrogen-bond donors (Lipinski definition) is 0. The number of aromatic nitrogens is 5. The topological polar surface area (TPSA) is 57.8 Å². The molecular weight excluding hydrogens is 465 g/mol. The molecule has 1 aliphatic rings. The maximum atomic E-state index is 15.2. The number of ether oxygens (including phenoxy) is 1. The maximum absolute atomic E-state index is 15.2. The van der Waals surface area contributed by atoms with E-state index in [2.05, 4.69) is 51.3 Å². The fourth-order valence-corrected chi connectivity index (χ4v) is 5.87. The Hall–Kier alpha value is -3.58. The summed E-state index contributed by atoms with van der Waals surface area (Å²) in [5.74, 6) is 0.376. The summed E-state index contributed by atoms with van der Waals surface area (Å²) in [6.07, 6.45) is 3.83. The molecule has 0 N–H and O–H groups in total. The van der Waals surface area contributed by atoms with Crippen LogP contribution < -0.4 is 0 Å². The molecule has 0 aliphatic carbocycles. The predicted octanol–water partition coefficient (Wildman–Crippen LogP) is 6.51. The van der Waals surface area contributed by atoms with Crippen molar-refractivity contribution < 1.29 is 9.13 Å². The van der Waals surface area contributed by atoms with Crippen molar-refractivity contribution in [1.29, 1.82) is 0 Å². The highest BCUT2D eigenvalue weighted by atomic mass is 19.1. The Morgan fingerprint density at radius 3 is 2.46 bits per heavy atom. The Morgan fingerprint density at radius 2 is 1.78 bits per heavy atom. The number of halogens is 1. The van der Waals surface area contributed by atoms with Crippen LogP contribution in [0, 0.1) is 12.8 Å². The Labute approximate surface area is 216 Å². The largest absolute Gasteiger partial charge is 0.381 e. The minimum Gasteiger partial charge on any atom is -0.381 e. The molecule has 5 aromatic rings. The zero-order valence-electron chi connectivity index (χ0n) is 21.8. The van der Waals surface area contributed by atoms with Gasteiger partial charge in [-0.25, -0.2) is 9.07 Å². The van der Waals surface area contributed by atoms with Gasteiger partial charge in [-0.15, -0.1) is 5.10 Å². The molecule has 1 fully saturated rings. The number of hydrogen-bond acceptors (Lipinski definition) is 4. The smallest absolute Gasteiger partial charge is 0.130 e. The second-order valence-electron chi connectivity index (χ2n) is 10.6. The molecule has 6 rings (SSSR count). The molecule has 2 aromatic carbocycles. The summed E-state index contributed by atoms with van der Waals surface area (Å²) in [6, 6.07) is 18.8. The summed E-state index contributed by atoms with van der Waals surface area (Å²) < 4.78 is 25.1. The summed E-state index contributed by atoms with van der Waals surface area (Å²) >= 11 is 0. The van der Waals surface area contributed by atoms with Crippen LogP contribution in [0.2, 0.25) is 0 Å². The van der Waals surface area contributed by atoms with Crippen LogP contribution >= 0.6 is 0 Å². The van der Waals surface area contributed by atoms with Crippen molar-refractivity contribution in [2.75, 3.05) is 13.2 Å². The Balaban J connectivity index is 1.69. The van der Waals surface area contributed by atoms with Crippen LogP contribution in [-0.2, 0) is 17.5 Å². The van der Waals surface area contributed by atoms with Gasteiger partial charge >= 0.3 is 0 Å². The highest BCUT2D eigenvalue weighted by Crippen LogP contribution is 2.42. The fourth-order valence-electron chi connectivity index (χ4n) is 5.87. The van der Waals surface area contributed by atoms with Crippen molar-refractivity contribution in [2.24, 2.45) is 13.0 Å². The standard InChI is InChI=1S/C30H32FN5O/c1-19-28(35(4)34-33-19)22-16-26-27(32-18-22)24-11-10-23(30(2,3)31)17-25(24)36(26)29(20-8-6-5-7-9-20)21-12-14-37-15-13-21/h5-11,16-18,21,29H,12-15H2,1-4H3. The molecule has 0 amide bonds. The summed E-state index contributed by atoms with van der Waals surface area (Å²) in [5.41, 5.74) is 6.17. The van der Waals surface area contributed by atoms with Crippen LogP contribution in [0.15, 0.2) is 60.8 Å². The van der Waals surface area contributed by atoms with Gasteiger partial charge in [0, 0.05) is 37.4 Å². The summed E-state index contributed by atoms with van der Waals surface area (Å²) in [5, 5.41) is 9.49. The van der Waals surface area contributed by atoms with E-state index in [1.165, 1.54) is 5.56 Å². The van der Waals surface area contributed by atoms with Gasteiger partial charge in [-0.1, -0.05) is 47.7 Å². The third-order valence-corrected chi connectivity index (χ3v) is 7.73. The predicted molar refractivity (Wildman–Crippen MR) is 144 cm³/mol. The SMILES string of the molecule is Cc1nnn(C)c1-c1cnc2c3ccc(C(C)(C)F)cc3n(C(c3ccccc3)C3CCOCC3)c2c1. The van der Waals surface area contributed by atoms with Crippen molar-refractivity contribution in [3.8, 4) is 11.3 Å². The quantitative estimate of drug-likeness (QED) is 0.278. The minimum atomic E-state index is -1.45. The molecule has 1 aliphatic heterocycles. The fraction of sp³-hybridized carbons (Fsp3) is 0.367. The van der Waals surface area contributed by atoms with E-state index in [1.807, 2.05) is 38.4 Å². The molecule has 3 aromatic heterocycles. The average molecular weight is 498 g/mol. The molecule has 1 saturated heterocycles. The Kier molecular flexibility index (Phi) is 5.83. The second-order valence-corrected chi connectivity index (χ2v) is 10.6. The summed E-state index contributed by atoms with van der Waals surface area (Å²) in [6.45, 7) is 6.69. The highest BCUT2D eigenvalue weighted by Gasteiger charge is 2.31. The maximum Gasteiger partial charge on any atom is 0.130 e. The van der Waals surface area contributed by atoms with Crippen molar-refractivity contribution in [2.45, 2.75) is 45.3 Å². The van der Waals surface area contributed by atoms with Crippen LogP contribution in [0.1, 0.15) is 49.6 Å². The molecule has 0 spiro atoms. The normalized spacial score (nSPS) is 16.0. The van der Waals surface area contributed by atoms with Gasteiger partial charge < -0.3 is 9.30 Å². The van der Waals surface area contributed by atoms with Crippen LogP contribution in [0.3, 0.4) is 0 Å². The molecular formula is C30H32FN5O. The molecule has 0 saturated carbocycles. The van der Waals surface area contributed by atoms with Crippen molar-refractivity contribution in [1.82, 2.24) is 24.5 Å². The molecule has 1 atom stereocenters. The van der Waals surface area contributed by atoms with E-state index in [9.17, 15) is 0 Å². The Bertz CT molecular complexity index is 1560. The monoisotopic (exact) mass is 497 g/mol. The first kappa shape index (κ1) is 23.8. The molecule has 6 nitrogen and oxygen atoms in total. The van der Waals surface area contributed by atoms with Crippen LogP contribution in [0.5, 0.6) is 0 Å². The zero-order valence-corrected chi connectivity index (χ0v) is 21.8. The molecule has 4 heterocycles. The second kappa shape index (κ2) is 9.06. The van der Waals surface area contributed by atoms with Gasteiger partial charge in [-0.05, 0) is 62.8 Å². The van der Waals surface area contributed by atoms with Gasteiger partial charge in [0.25, 0.3) is 0 Å². The molecule has 37 heavy (non-hydrogen) atoms. The third kappa shape index (κ3) is 4.11. The molecule has 7 heteroatoms. The highest BCUT2D eigenvalue weighted by molar-refractivity contribution is 6.07. The first-order chi connectivity index (χ1) is 17.8. The van der Waals surface area contributed by atoms with E-state index < -0.39 is 5.67 Å². The van der Waals surface area contributed by atoms with Crippen molar-refractivity contribution >= 4 is 21.9 Å². The van der Waals surface area contributed by atoms with Gasteiger partial charge in [-0.2, -0.15) is 0 Å². The first-order valence-electron chi connectivity index (χ1n) is 13.0. The van der Waals surface area contributed by atoms with Gasteiger partial charge in [-0.3, -0.25) is 4.98 Å². The number of alkyl halides is 1. The van der Waals surface area contributed by atoms with Gasteiger partial charge in [0.05, 0.1) is 34.0 Å². The van der Waals surface area contributed by atoms with Crippen molar-refractivity contribution in [3.63, 3.8) is 0 Å². The Morgan fingerprint density at radius 1 is 1.03 bits per heavy atom. The van der Waals surface area contributed by atoms with Gasteiger partial charge in [0.15, 0.2) is 0 Å². The van der Waals surface area contributed by atoms with Crippen LogP contribution in [0.4, 0.5) is 4.39 Å². The lowest BCUT2D eigenvalue weighted by molar-refractivity contribution is 0.0553. The number of nitrogens with zero attached hydrogens (tertiary/aromatic N) is 5. The number of rotatable bonds is 5. The van der Waals surface area contributed by atoms with E-state index in [0.29, 0.717) is 11.5 Å². The number of fused-ring (bicyclic) bond motifs is 3. The van der Waals surface area contributed by atoms with E-state index in [1.54, 1.807) is 18.5 Å². The molecule has 0 bridgehead atoms. The molecule has 190 valence electrons. The van der Waals surface area contributed by atoms with E-state index >= 15 is 4.39 Å². The minimum absolute atomic E-state index is 0.0610. The average Bonchev–Trinajstić information content (AvgIpc) is 3.40. The lowest BCUT2D eigenvalue weighted by Crippen LogP contribution is -2.27. The van der Waals surface area contributed by atoms with E-state index in [-0.39, 0.29) is 6.04 Å².